The number of benzene rings is 1. The Morgan fingerprint density at radius 2 is 1.85 bits per heavy atom. The van der Waals surface area contributed by atoms with Crippen molar-refractivity contribution in [3.05, 3.63) is 35.4 Å². The van der Waals surface area contributed by atoms with Gasteiger partial charge in [-0.2, -0.15) is 0 Å². The highest BCUT2D eigenvalue weighted by molar-refractivity contribution is 5.73. The standard InChI is InChI=1S/C16H26N2O2/c1-16(2,3)14-7-5-13(6-8-14)9-10-17-15(20)18(4)11-12-19/h5-8,19H,9-12H2,1-4H3,(H,17,20). The van der Waals surface area contributed by atoms with Gasteiger partial charge < -0.3 is 15.3 Å². The summed E-state index contributed by atoms with van der Waals surface area (Å²) in [5.74, 6) is 0. The molecule has 0 aromatic heterocycles. The van der Waals surface area contributed by atoms with E-state index >= 15 is 0 Å². The Labute approximate surface area is 121 Å². The number of nitrogens with zero attached hydrogens (tertiary/aromatic N) is 1. The molecular weight excluding hydrogens is 252 g/mol. The lowest BCUT2D eigenvalue weighted by Crippen LogP contribution is -2.39. The van der Waals surface area contributed by atoms with Gasteiger partial charge in [-0.05, 0) is 23.0 Å². The molecule has 4 nitrogen and oxygen atoms in total. The first-order valence-electron chi connectivity index (χ1n) is 7.04. The second-order valence-electron chi connectivity index (χ2n) is 6.07. The van der Waals surface area contributed by atoms with E-state index in [0.29, 0.717) is 13.1 Å². The predicted molar refractivity (Wildman–Crippen MR) is 82.0 cm³/mol. The number of hydrogen-bond donors (Lipinski definition) is 2. The van der Waals surface area contributed by atoms with Crippen LogP contribution in [0.5, 0.6) is 0 Å². The maximum absolute atomic E-state index is 11.6. The summed E-state index contributed by atoms with van der Waals surface area (Å²) in [5, 5.41) is 11.6. The number of carbonyl (C=O) groups excluding carboxylic acids is 1. The van der Waals surface area contributed by atoms with Crippen LogP contribution < -0.4 is 5.32 Å². The Hall–Kier alpha value is -1.55. The number of rotatable bonds is 5. The van der Waals surface area contributed by atoms with Crippen LogP contribution in [0.25, 0.3) is 0 Å². The lowest BCUT2D eigenvalue weighted by molar-refractivity contribution is 0.190. The van der Waals surface area contributed by atoms with Gasteiger partial charge in [0.2, 0.25) is 0 Å². The normalized spacial score (nSPS) is 11.2. The molecule has 1 aromatic carbocycles. The molecule has 0 atom stereocenters. The van der Waals surface area contributed by atoms with Gasteiger partial charge in [-0.25, -0.2) is 4.79 Å². The summed E-state index contributed by atoms with van der Waals surface area (Å²) < 4.78 is 0. The minimum atomic E-state index is -0.148. The summed E-state index contributed by atoms with van der Waals surface area (Å²) >= 11 is 0. The molecule has 0 aliphatic carbocycles. The van der Waals surface area contributed by atoms with Gasteiger partial charge in [0.1, 0.15) is 0 Å². The lowest BCUT2D eigenvalue weighted by Gasteiger charge is -2.19. The van der Waals surface area contributed by atoms with Crippen LogP contribution in [0, 0.1) is 0 Å². The van der Waals surface area contributed by atoms with E-state index in [1.807, 2.05) is 0 Å². The van der Waals surface area contributed by atoms with Gasteiger partial charge in [-0.3, -0.25) is 0 Å². The Bertz CT molecular complexity index is 421. The molecule has 0 saturated heterocycles. The third-order valence-electron chi connectivity index (χ3n) is 3.29. The highest BCUT2D eigenvalue weighted by atomic mass is 16.3. The number of nitrogens with one attached hydrogen (secondary N) is 1. The van der Waals surface area contributed by atoms with Gasteiger partial charge in [0, 0.05) is 20.1 Å². The van der Waals surface area contributed by atoms with Crippen molar-refractivity contribution < 1.29 is 9.90 Å². The zero-order valence-electron chi connectivity index (χ0n) is 12.9. The molecule has 2 N–H and O–H groups in total. The molecule has 0 spiro atoms. The zero-order valence-corrected chi connectivity index (χ0v) is 12.9. The van der Waals surface area contributed by atoms with Crippen molar-refractivity contribution in [1.82, 2.24) is 10.2 Å². The van der Waals surface area contributed by atoms with E-state index in [1.165, 1.54) is 16.0 Å². The molecule has 0 saturated carbocycles. The number of hydrogen-bond acceptors (Lipinski definition) is 2. The molecule has 0 bridgehead atoms. The number of urea groups is 1. The highest BCUT2D eigenvalue weighted by Crippen LogP contribution is 2.22. The molecule has 0 aliphatic heterocycles. The second-order valence-corrected chi connectivity index (χ2v) is 6.07. The summed E-state index contributed by atoms with van der Waals surface area (Å²) in [7, 11) is 1.67. The smallest absolute Gasteiger partial charge is 0.317 e. The molecule has 0 heterocycles. The number of likely N-dealkylation sites (N-methyl/N-ethyl adjacent to an activating group) is 1. The van der Waals surface area contributed by atoms with Crippen molar-refractivity contribution in [2.24, 2.45) is 0 Å². The van der Waals surface area contributed by atoms with E-state index < -0.39 is 0 Å². The monoisotopic (exact) mass is 278 g/mol. The van der Waals surface area contributed by atoms with E-state index in [1.54, 1.807) is 7.05 Å². The molecule has 4 heteroatoms. The quantitative estimate of drug-likeness (QED) is 0.867. The van der Waals surface area contributed by atoms with Gasteiger partial charge in [0.25, 0.3) is 0 Å². The second kappa shape index (κ2) is 7.29. The average Bonchev–Trinajstić information content (AvgIpc) is 2.38. The molecular formula is C16H26N2O2. The van der Waals surface area contributed by atoms with E-state index in [4.69, 9.17) is 5.11 Å². The van der Waals surface area contributed by atoms with Crippen LogP contribution in [0.4, 0.5) is 4.79 Å². The molecule has 1 rings (SSSR count). The van der Waals surface area contributed by atoms with Crippen LogP contribution >= 0.6 is 0 Å². The first kappa shape index (κ1) is 16.5. The van der Waals surface area contributed by atoms with E-state index in [2.05, 4.69) is 50.4 Å². The molecule has 20 heavy (non-hydrogen) atoms. The lowest BCUT2D eigenvalue weighted by atomic mass is 9.86. The summed E-state index contributed by atoms with van der Waals surface area (Å²) in [4.78, 5) is 13.1. The van der Waals surface area contributed by atoms with Crippen molar-refractivity contribution in [1.29, 1.82) is 0 Å². The highest BCUT2D eigenvalue weighted by Gasteiger charge is 2.12. The minimum Gasteiger partial charge on any atom is -0.395 e. The number of amides is 2. The first-order chi connectivity index (χ1) is 9.34. The topological polar surface area (TPSA) is 52.6 Å². The largest absolute Gasteiger partial charge is 0.395 e. The van der Waals surface area contributed by atoms with Crippen LogP contribution in [-0.2, 0) is 11.8 Å². The SMILES string of the molecule is CN(CCO)C(=O)NCCc1ccc(C(C)(C)C)cc1. The van der Waals surface area contributed by atoms with Gasteiger partial charge in [-0.1, -0.05) is 45.0 Å². The van der Waals surface area contributed by atoms with Crippen LogP contribution in [0.15, 0.2) is 24.3 Å². The summed E-state index contributed by atoms with van der Waals surface area (Å²) in [6, 6.07) is 8.38. The van der Waals surface area contributed by atoms with Gasteiger partial charge in [0.05, 0.1) is 6.61 Å². The fraction of sp³-hybridized carbons (Fsp3) is 0.562. The Morgan fingerprint density at radius 3 is 2.35 bits per heavy atom. The van der Waals surface area contributed by atoms with Gasteiger partial charge in [0.15, 0.2) is 0 Å². The summed E-state index contributed by atoms with van der Waals surface area (Å²) in [6.07, 6.45) is 0.809. The van der Waals surface area contributed by atoms with E-state index in [-0.39, 0.29) is 18.1 Å². The molecule has 0 unspecified atom stereocenters. The Kier molecular flexibility index (Phi) is 6.02. The van der Waals surface area contributed by atoms with Crippen molar-refractivity contribution in [3.63, 3.8) is 0 Å². The molecule has 112 valence electrons. The predicted octanol–water partition coefficient (Wildman–Crippen LogP) is 2.16. The maximum Gasteiger partial charge on any atom is 0.317 e. The minimum absolute atomic E-state index is 0.0157. The molecule has 0 fully saturated rings. The van der Waals surface area contributed by atoms with Crippen LogP contribution in [0.1, 0.15) is 31.9 Å². The molecule has 0 aliphatic rings. The van der Waals surface area contributed by atoms with Crippen LogP contribution in [0.2, 0.25) is 0 Å². The first-order valence-corrected chi connectivity index (χ1v) is 7.04. The van der Waals surface area contributed by atoms with Crippen molar-refractivity contribution in [2.75, 3.05) is 26.7 Å². The summed E-state index contributed by atoms with van der Waals surface area (Å²) in [6.45, 7) is 7.52. The van der Waals surface area contributed by atoms with Crippen molar-refractivity contribution in [3.8, 4) is 0 Å². The number of aliphatic hydroxyl groups is 1. The molecule has 2 amide bonds. The fourth-order valence-corrected chi connectivity index (χ4v) is 1.87. The number of aliphatic hydroxyl groups excluding tert-OH is 1. The fourth-order valence-electron chi connectivity index (χ4n) is 1.87. The zero-order chi connectivity index (χ0) is 15.2. The van der Waals surface area contributed by atoms with Gasteiger partial charge >= 0.3 is 6.03 Å². The Morgan fingerprint density at radius 1 is 1.25 bits per heavy atom. The van der Waals surface area contributed by atoms with Crippen molar-refractivity contribution in [2.45, 2.75) is 32.6 Å². The van der Waals surface area contributed by atoms with E-state index in [0.717, 1.165) is 6.42 Å². The van der Waals surface area contributed by atoms with E-state index in [9.17, 15) is 4.79 Å². The maximum atomic E-state index is 11.6. The summed E-state index contributed by atoms with van der Waals surface area (Å²) in [5.41, 5.74) is 2.69. The third kappa shape index (κ3) is 5.21. The number of carbonyl (C=O) groups is 1. The van der Waals surface area contributed by atoms with Gasteiger partial charge in [-0.15, -0.1) is 0 Å². The van der Waals surface area contributed by atoms with Crippen LogP contribution in [-0.4, -0.2) is 42.8 Å². The Balaban J connectivity index is 2.41. The third-order valence-corrected chi connectivity index (χ3v) is 3.29. The molecule has 0 radical (unpaired) electrons. The average molecular weight is 278 g/mol. The van der Waals surface area contributed by atoms with Crippen molar-refractivity contribution >= 4 is 6.03 Å². The molecule has 1 aromatic rings. The van der Waals surface area contributed by atoms with Crippen LogP contribution in [0.3, 0.4) is 0 Å².